The molecule has 1 aromatic carbocycles. The van der Waals surface area contributed by atoms with Crippen molar-refractivity contribution in [2.75, 3.05) is 0 Å². The molecule has 4 heteroatoms. The lowest BCUT2D eigenvalue weighted by molar-refractivity contribution is -0.112. The molecule has 0 saturated heterocycles. The minimum Gasteiger partial charge on any atom is -0.313 e. The zero-order chi connectivity index (χ0) is 13.5. The largest absolute Gasteiger partial charge is 0.365 e. The van der Waals surface area contributed by atoms with Crippen LogP contribution < -0.4 is 0 Å². The van der Waals surface area contributed by atoms with Crippen molar-refractivity contribution in [3.63, 3.8) is 0 Å². The molecule has 4 nitrogen and oxygen atoms in total. The molecule has 100 valence electrons. The van der Waals surface area contributed by atoms with E-state index < -0.39 is 5.97 Å². The molecule has 0 aromatic heterocycles. The van der Waals surface area contributed by atoms with E-state index in [1.54, 1.807) is 30.5 Å². The quantitative estimate of drug-likeness (QED) is 0.361. The van der Waals surface area contributed by atoms with Gasteiger partial charge in [-0.15, -0.1) is 0 Å². The molecule has 0 radical (unpaired) electrons. The highest BCUT2D eigenvalue weighted by atomic mass is 16.7. The molecule has 1 aromatic rings. The topological polar surface area (TPSA) is 55.7 Å². The second-order valence-electron chi connectivity index (χ2n) is 4.75. The summed E-state index contributed by atoms with van der Waals surface area (Å²) in [5.41, 5.74) is 0.468. The van der Waals surface area contributed by atoms with E-state index in [0.29, 0.717) is 5.56 Å². The van der Waals surface area contributed by atoms with Gasteiger partial charge in [0.15, 0.2) is 0 Å². The highest BCUT2D eigenvalue weighted by Crippen LogP contribution is 2.27. The van der Waals surface area contributed by atoms with Crippen LogP contribution in [-0.2, 0) is 9.63 Å². The molecule has 2 rings (SSSR count). The molecule has 0 bridgehead atoms. The van der Waals surface area contributed by atoms with Crippen LogP contribution in [0, 0.1) is 11.8 Å². The summed E-state index contributed by atoms with van der Waals surface area (Å²) in [4.78, 5) is 27.4. The molecule has 1 saturated carbocycles. The highest BCUT2D eigenvalue weighted by Gasteiger charge is 2.23. The molecule has 0 N–H and O–H groups in total. The van der Waals surface area contributed by atoms with Crippen LogP contribution in [0.4, 0.5) is 0 Å². The first-order valence-electron chi connectivity index (χ1n) is 6.56. The fraction of sp³-hybridized carbons (Fsp3) is 0.400. The number of carbonyl (C=O) groups excluding carboxylic acids is 2. The van der Waals surface area contributed by atoms with Gasteiger partial charge in [0, 0.05) is 18.1 Å². The number of nitrogens with zero attached hydrogens (tertiary/aromatic N) is 1. The van der Waals surface area contributed by atoms with E-state index in [4.69, 9.17) is 4.84 Å². The zero-order valence-electron chi connectivity index (χ0n) is 10.7. The van der Waals surface area contributed by atoms with Gasteiger partial charge in [0.25, 0.3) is 0 Å². The lowest BCUT2D eigenvalue weighted by Gasteiger charge is -2.23. The normalized spacial score (nSPS) is 23.2. The predicted octanol–water partition coefficient (Wildman–Crippen LogP) is 2.83. The number of hydrogen-bond donors (Lipinski definition) is 0. The average Bonchev–Trinajstić information content (AvgIpc) is 2.48. The van der Waals surface area contributed by atoms with Crippen LogP contribution in [0.2, 0.25) is 0 Å². The first-order valence-corrected chi connectivity index (χ1v) is 6.56. The smallest absolute Gasteiger partial charge is 0.313 e. The summed E-state index contributed by atoms with van der Waals surface area (Å²) in [6.45, 7) is 0. The lowest BCUT2D eigenvalue weighted by Crippen LogP contribution is -2.22. The molecule has 19 heavy (non-hydrogen) atoms. The number of benzene rings is 1. The Labute approximate surface area is 112 Å². The first-order chi connectivity index (χ1) is 9.31. The van der Waals surface area contributed by atoms with Gasteiger partial charge >= 0.3 is 5.97 Å². The number of carbonyl (C=O) groups is 2. The molecule has 0 amide bonds. The Morgan fingerprint density at radius 2 is 1.84 bits per heavy atom. The second-order valence-corrected chi connectivity index (χ2v) is 4.75. The van der Waals surface area contributed by atoms with Crippen LogP contribution in [0.25, 0.3) is 0 Å². The van der Waals surface area contributed by atoms with E-state index >= 15 is 0 Å². The molecule has 0 aliphatic heterocycles. The van der Waals surface area contributed by atoms with Crippen LogP contribution in [0.3, 0.4) is 0 Å². The Morgan fingerprint density at radius 1 is 1.16 bits per heavy atom. The van der Waals surface area contributed by atoms with E-state index in [0.717, 1.165) is 32.0 Å². The first kappa shape index (κ1) is 13.5. The van der Waals surface area contributed by atoms with Crippen molar-refractivity contribution in [2.45, 2.75) is 25.7 Å². The maximum Gasteiger partial charge on any atom is 0.365 e. The lowest BCUT2D eigenvalue weighted by atomic mass is 9.81. The minimum absolute atomic E-state index is 0.00734. The summed E-state index contributed by atoms with van der Waals surface area (Å²) in [5.74, 6) is -0.377. The van der Waals surface area contributed by atoms with E-state index in [2.05, 4.69) is 5.16 Å². The number of aldehydes is 1. The SMILES string of the molecule is O=C[C@@H]1CCCCC1/C=N/OC(=O)c1ccccc1. The summed E-state index contributed by atoms with van der Waals surface area (Å²) in [7, 11) is 0. The van der Waals surface area contributed by atoms with Crippen molar-refractivity contribution >= 4 is 18.5 Å². The Bertz CT molecular complexity index is 456. The molecular weight excluding hydrogens is 242 g/mol. The summed E-state index contributed by atoms with van der Waals surface area (Å²) in [6.07, 6.45) is 6.57. The summed E-state index contributed by atoms with van der Waals surface area (Å²) in [6, 6.07) is 8.71. The molecule has 2 atom stereocenters. The summed E-state index contributed by atoms with van der Waals surface area (Å²) in [5, 5.41) is 3.74. The Morgan fingerprint density at radius 3 is 2.53 bits per heavy atom. The van der Waals surface area contributed by atoms with Gasteiger partial charge in [0.05, 0.1) is 5.56 Å². The molecule has 1 fully saturated rings. The molecule has 1 aliphatic rings. The van der Waals surface area contributed by atoms with Crippen LogP contribution in [0.15, 0.2) is 35.5 Å². The number of rotatable bonds is 4. The summed E-state index contributed by atoms with van der Waals surface area (Å²) < 4.78 is 0. The van der Waals surface area contributed by atoms with Crippen LogP contribution >= 0.6 is 0 Å². The van der Waals surface area contributed by atoms with Crippen LogP contribution in [0.5, 0.6) is 0 Å². The van der Waals surface area contributed by atoms with Gasteiger partial charge in [-0.3, -0.25) is 0 Å². The predicted molar refractivity (Wildman–Crippen MR) is 71.9 cm³/mol. The molecular formula is C15H17NO3. The maximum absolute atomic E-state index is 11.6. The molecule has 0 heterocycles. The van der Waals surface area contributed by atoms with E-state index in [9.17, 15) is 9.59 Å². The van der Waals surface area contributed by atoms with Crippen molar-refractivity contribution in [2.24, 2.45) is 17.0 Å². The van der Waals surface area contributed by atoms with Crippen molar-refractivity contribution in [1.82, 2.24) is 0 Å². The minimum atomic E-state index is -0.477. The maximum atomic E-state index is 11.6. The zero-order valence-corrected chi connectivity index (χ0v) is 10.7. The van der Waals surface area contributed by atoms with Crippen LogP contribution in [0.1, 0.15) is 36.0 Å². The van der Waals surface area contributed by atoms with E-state index in [-0.39, 0.29) is 11.8 Å². The third-order valence-electron chi connectivity index (χ3n) is 3.45. The van der Waals surface area contributed by atoms with Crippen molar-refractivity contribution in [3.05, 3.63) is 35.9 Å². The van der Waals surface area contributed by atoms with Gasteiger partial charge in [-0.25, -0.2) is 4.79 Å². The average molecular weight is 259 g/mol. The van der Waals surface area contributed by atoms with E-state index in [1.807, 2.05) is 6.07 Å². The highest BCUT2D eigenvalue weighted by molar-refractivity contribution is 5.89. The summed E-state index contributed by atoms with van der Waals surface area (Å²) >= 11 is 0. The standard InChI is InChI=1S/C15H17NO3/c17-11-14-9-5-4-8-13(14)10-16-19-15(18)12-6-2-1-3-7-12/h1-3,6-7,10-11,13-14H,4-5,8-9H2/b16-10+/t13?,14-/m0/s1. The molecule has 1 aliphatic carbocycles. The van der Waals surface area contributed by atoms with Gasteiger partial charge in [-0.2, -0.15) is 0 Å². The second kappa shape index (κ2) is 6.83. The van der Waals surface area contributed by atoms with Crippen LogP contribution in [-0.4, -0.2) is 18.5 Å². The van der Waals surface area contributed by atoms with Gasteiger partial charge in [-0.1, -0.05) is 36.2 Å². The fourth-order valence-electron chi connectivity index (χ4n) is 2.33. The molecule has 0 spiro atoms. The van der Waals surface area contributed by atoms with Crippen molar-refractivity contribution in [3.8, 4) is 0 Å². The third kappa shape index (κ3) is 3.74. The Hall–Kier alpha value is -1.97. The van der Waals surface area contributed by atoms with Crippen molar-refractivity contribution in [1.29, 1.82) is 0 Å². The van der Waals surface area contributed by atoms with Gasteiger partial charge in [-0.05, 0) is 25.0 Å². The monoisotopic (exact) mass is 259 g/mol. The van der Waals surface area contributed by atoms with E-state index in [1.165, 1.54) is 0 Å². The van der Waals surface area contributed by atoms with Gasteiger partial charge < -0.3 is 9.63 Å². The van der Waals surface area contributed by atoms with Crippen molar-refractivity contribution < 1.29 is 14.4 Å². The molecule has 1 unspecified atom stereocenters. The third-order valence-corrected chi connectivity index (χ3v) is 3.45. The number of oxime groups is 1. The Kier molecular flexibility index (Phi) is 4.84. The van der Waals surface area contributed by atoms with Gasteiger partial charge in [0.1, 0.15) is 6.29 Å². The Balaban J connectivity index is 1.89. The number of hydrogen-bond acceptors (Lipinski definition) is 4. The fourth-order valence-corrected chi connectivity index (χ4v) is 2.33. The van der Waals surface area contributed by atoms with Gasteiger partial charge in [0.2, 0.25) is 0 Å².